The average molecular weight is 401 g/mol. The smallest absolute Gasteiger partial charge is 0.272 e. The molecule has 0 aliphatic carbocycles. The molecule has 2 aromatic heterocycles. The van der Waals surface area contributed by atoms with Gasteiger partial charge in [0.15, 0.2) is 5.69 Å². The highest BCUT2D eigenvalue weighted by atomic mass is 16.2. The Morgan fingerprint density at radius 2 is 2.07 bits per heavy atom. The number of pyridine rings is 1. The fourth-order valence-corrected chi connectivity index (χ4v) is 3.12. The third kappa shape index (κ3) is 4.20. The van der Waals surface area contributed by atoms with Crippen LogP contribution in [0.25, 0.3) is 16.6 Å². The van der Waals surface area contributed by atoms with Crippen LogP contribution in [0.2, 0.25) is 0 Å². The first-order valence-corrected chi connectivity index (χ1v) is 9.40. The van der Waals surface area contributed by atoms with Gasteiger partial charge in [-0.15, -0.1) is 0 Å². The van der Waals surface area contributed by atoms with Crippen molar-refractivity contribution in [3.8, 4) is 0 Å². The summed E-state index contributed by atoms with van der Waals surface area (Å²) in [7, 11) is 0. The maximum atomic E-state index is 13.3. The van der Waals surface area contributed by atoms with Crippen molar-refractivity contribution >= 4 is 28.2 Å². The van der Waals surface area contributed by atoms with E-state index in [0.717, 1.165) is 5.56 Å². The molecule has 0 atom stereocenters. The van der Waals surface area contributed by atoms with E-state index in [0.29, 0.717) is 22.4 Å². The summed E-state index contributed by atoms with van der Waals surface area (Å²) in [6.45, 7) is 7.36. The van der Waals surface area contributed by atoms with Crippen LogP contribution in [0.5, 0.6) is 0 Å². The van der Waals surface area contributed by atoms with Crippen LogP contribution in [-0.4, -0.2) is 20.4 Å². The summed E-state index contributed by atoms with van der Waals surface area (Å²) in [6, 6.07) is 8.76. The van der Waals surface area contributed by atoms with Crippen LogP contribution in [0, 0.1) is 6.92 Å². The van der Waals surface area contributed by atoms with E-state index in [-0.39, 0.29) is 23.5 Å². The molecular weight excluding hydrogens is 378 g/mol. The van der Waals surface area contributed by atoms with Crippen molar-refractivity contribution in [2.24, 2.45) is 0 Å². The van der Waals surface area contributed by atoms with Crippen LogP contribution in [0.1, 0.15) is 28.8 Å². The van der Waals surface area contributed by atoms with Crippen molar-refractivity contribution in [1.82, 2.24) is 19.9 Å². The summed E-state index contributed by atoms with van der Waals surface area (Å²) < 4.78 is 1.50. The minimum atomic E-state index is -0.438. The van der Waals surface area contributed by atoms with Crippen LogP contribution >= 0.6 is 0 Å². The van der Waals surface area contributed by atoms with E-state index in [9.17, 15) is 9.59 Å². The number of nitrogens with one attached hydrogen (secondary N) is 1. The summed E-state index contributed by atoms with van der Waals surface area (Å²) in [6.07, 6.45) is 8.48. The topological polar surface area (TPSA) is 103 Å². The van der Waals surface area contributed by atoms with Crippen LogP contribution in [0.15, 0.2) is 72.2 Å². The van der Waals surface area contributed by atoms with Crippen molar-refractivity contribution in [1.29, 1.82) is 0 Å². The molecule has 0 saturated carbocycles. The van der Waals surface area contributed by atoms with E-state index in [1.165, 1.54) is 10.8 Å². The second-order valence-corrected chi connectivity index (χ2v) is 6.69. The van der Waals surface area contributed by atoms with Gasteiger partial charge in [-0.1, -0.05) is 36.9 Å². The lowest BCUT2D eigenvalue weighted by atomic mass is 10.1. The van der Waals surface area contributed by atoms with Crippen LogP contribution in [0.3, 0.4) is 0 Å². The molecule has 7 heteroatoms. The lowest BCUT2D eigenvalue weighted by Gasteiger charge is -2.15. The van der Waals surface area contributed by atoms with Gasteiger partial charge in [-0.3, -0.25) is 14.2 Å². The minimum Gasteiger partial charge on any atom is -0.397 e. The first kappa shape index (κ1) is 20.7. The molecule has 0 aliphatic heterocycles. The fourth-order valence-electron chi connectivity index (χ4n) is 3.12. The van der Waals surface area contributed by atoms with E-state index in [1.54, 1.807) is 42.5 Å². The molecule has 0 radical (unpaired) electrons. The van der Waals surface area contributed by atoms with Crippen LogP contribution in [0.4, 0.5) is 5.69 Å². The lowest BCUT2D eigenvalue weighted by molar-refractivity contribution is 0.0945. The molecule has 30 heavy (non-hydrogen) atoms. The minimum absolute atomic E-state index is 0.0321. The molecule has 0 unspecified atom stereocenters. The van der Waals surface area contributed by atoms with Gasteiger partial charge >= 0.3 is 0 Å². The first-order valence-electron chi connectivity index (χ1n) is 9.40. The van der Waals surface area contributed by atoms with Gasteiger partial charge in [-0.05, 0) is 43.7 Å². The number of carbonyl (C=O) groups excluding carboxylic acids is 1. The standard InChI is InChI=1S/C23H23N5O2/c1-4-5-6-10-16(3)28-19(14-26-22(29)21-17(24)11-8-13-25-21)27-18-12-7-9-15(2)20(18)23(28)30/h4-13H,1,14,24H2,2-3H3,(H,26,29)/b6-5-,16-10+. The molecule has 1 amide bonds. The summed E-state index contributed by atoms with van der Waals surface area (Å²) in [5.74, 6) is -0.0341. The van der Waals surface area contributed by atoms with Crippen LogP contribution < -0.4 is 16.6 Å². The Morgan fingerprint density at radius 1 is 1.27 bits per heavy atom. The zero-order chi connectivity index (χ0) is 21.7. The number of fused-ring (bicyclic) bond motifs is 1. The van der Waals surface area contributed by atoms with Crippen molar-refractivity contribution in [3.05, 3.63) is 94.8 Å². The Bertz CT molecular complexity index is 1240. The third-order valence-electron chi connectivity index (χ3n) is 4.57. The van der Waals surface area contributed by atoms with E-state index < -0.39 is 5.91 Å². The Balaban J connectivity index is 2.07. The van der Waals surface area contributed by atoms with Gasteiger partial charge in [0.2, 0.25) is 0 Å². The number of nitrogen functional groups attached to an aromatic ring is 1. The lowest BCUT2D eigenvalue weighted by Crippen LogP contribution is -2.31. The molecule has 152 valence electrons. The van der Waals surface area contributed by atoms with Crippen molar-refractivity contribution in [3.63, 3.8) is 0 Å². The monoisotopic (exact) mass is 401 g/mol. The highest BCUT2D eigenvalue weighted by Crippen LogP contribution is 2.16. The van der Waals surface area contributed by atoms with Gasteiger partial charge in [0, 0.05) is 11.9 Å². The zero-order valence-electron chi connectivity index (χ0n) is 16.9. The van der Waals surface area contributed by atoms with Gasteiger partial charge < -0.3 is 11.1 Å². The largest absolute Gasteiger partial charge is 0.397 e. The number of anilines is 1. The van der Waals surface area contributed by atoms with E-state index in [1.807, 2.05) is 26.0 Å². The number of hydrogen-bond donors (Lipinski definition) is 2. The normalized spacial score (nSPS) is 11.7. The zero-order valence-corrected chi connectivity index (χ0v) is 16.9. The molecule has 0 saturated heterocycles. The summed E-state index contributed by atoms with van der Waals surface area (Å²) in [5.41, 5.74) is 8.12. The third-order valence-corrected chi connectivity index (χ3v) is 4.57. The second kappa shape index (κ2) is 9.00. The highest BCUT2D eigenvalue weighted by molar-refractivity contribution is 5.97. The van der Waals surface area contributed by atoms with Gasteiger partial charge in [0.25, 0.3) is 11.5 Å². The maximum Gasteiger partial charge on any atom is 0.272 e. The van der Waals surface area contributed by atoms with Crippen molar-refractivity contribution in [2.75, 3.05) is 5.73 Å². The maximum absolute atomic E-state index is 13.3. The van der Waals surface area contributed by atoms with Gasteiger partial charge in [-0.25, -0.2) is 9.97 Å². The first-order chi connectivity index (χ1) is 14.4. The van der Waals surface area contributed by atoms with E-state index in [4.69, 9.17) is 5.73 Å². The predicted octanol–water partition coefficient (Wildman–Crippen LogP) is 3.22. The Kier molecular flexibility index (Phi) is 6.22. The number of rotatable bonds is 6. The molecule has 0 aliphatic rings. The average Bonchev–Trinajstić information content (AvgIpc) is 2.72. The number of nitrogens with two attached hydrogens (primary N) is 1. The van der Waals surface area contributed by atoms with Gasteiger partial charge in [0.1, 0.15) is 5.82 Å². The Labute approximate surface area is 174 Å². The Morgan fingerprint density at radius 3 is 2.80 bits per heavy atom. The molecule has 2 heterocycles. The number of aromatic nitrogens is 3. The molecule has 0 fully saturated rings. The fraction of sp³-hybridized carbons (Fsp3) is 0.130. The molecule has 0 spiro atoms. The van der Waals surface area contributed by atoms with Crippen LogP contribution in [-0.2, 0) is 6.54 Å². The molecule has 3 rings (SSSR count). The highest BCUT2D eigenvalue weighted by Gasteiger charge is 2.16. The number of hydrogen-bond acceptors (Lipinski definition) is 5. The SMILES string of the molecule is C=C/C=C\C=C(/C)n1c(CNC(=O)c2ncccc2N)nc2cccc(C)c2c1=O. The number of aryl methyl sites for hydroxylation is 1. The second-order valence-electron chi connectivity index (χ2n) is 6.69. The molecule has 0 bridgehead atoms. The van der Waals surface area contributed by atoms with Gasteiger partial charge in [0.05, 0.1) is 23.1 Å². The van der Waals surface area contributed by atoms with Crippen molar-refractivity contribution < 1.29 is 4.79 Å². The number of carbonyl (C=O) groups is 1. The van der Waals surface area contributed by atoms with Gasteiger partial charge in [-0.2, -0.15) is 0 Å². The Hall–Kier alpha value is -4.00. The molecule has 3 N–H and O–H groups in total. The number of benzene rings is 1. The van der Waals surface area contributed by atoms with Crippen molar-refractivity contribution in [2.45, 2.75) is 20.4 Å². The van der Waals surface area contributed by atoms with E-state index >= 15 is 0 Å². The molecule has 1 aromatic carbocycles. The number of allylic oxidation sites excluding steroid dienone is 5. The predicted molar refractivity (Wildman–Crippen MR) is 120 cm³/mol. The number of amides is 1. The quantitative estimate of drug-likeness (QED) is 0.618. The van der Waals surface area contributed by atoms with E-state index in [2.05, 4.69) is 21.9 Å². The molecular formula is C23H23N5O2. The molecule has 7 nitrogen and oxygen atoms in total. The number of nitrogens with zero attached hydrogens (tertiary/aromatic N) is 3. The summed E-state index contributed by atoms with van der Waals surface area (Å²) in [5, 5.41) is 3.30. The summed E-state index contributed by atoms with van der Waals surface area (Å²) in [4.78, 5) is 34.5. The summed E-state index contributed by atoms with van der Waals surface area (Å²) >= 11 is 0. The molecule has 3 aromatic rings.